The first-order chi connectivity index (χ1) is 13.4. The molecular formula is C25H22F2O. The highest BCUT2D eigenvalue weighted by atomic mass is 19.3. The number of halogens is 2. The van der Waals surface area contributed by atoms with E-state index in [1.807, 2.05) is 38.1 Å². The largest absolute Gasteiger partial charge is 0.319 e. The van der Waals surface area contributed by atoms with Gasteiger partial charge in [-0.1, -0.05) is 102 Å². The smallest absolute Gasteiger partial charge is 0.287 e. The number of hydrogen-bond acceptors (Lipinski definition) is 1. The molecule has 0 bridgehead atoms. The van der Waals surface area contributed by atoms with Crippen LogP contribution in [0, 0.1) is 13.8 Å². The van der Waals surface area contributed by atoms with E-state index in [0.717, 1.165) is 16.7 Å². The molecule has 3 heteroatoms. The Kier molecular flexibility index (Phi) is 5.84. The standard InChI is InChI=1S/C25H22F2O/c1-18-8-12-20(13-9-18)14-17-23(21-15-10-19(2)11-16-21)25(26,27)24(28)22-6-4-3-5-7-22/h3-17,23H,1-2H3. The SMILES string of the molecule is Cc1ccc(C=CC(c2ccc(C)cc2)C(F)(F)C(=O)c2ccccc2)cc1. The maximum atomic E-state index is 15.3. The number of carbonyl (C=O) groups is 1. The van der Waals surface area contributed by atoms with E-state index >= 15 is 8.78 Å². The van der Waals surface area contributed by atoms with Crippen molar-refractivity contribution < 1.29 is 13.6 Å². The zero-order valence-corrected chi connectivity index (χ0v) is 15.9. The molecule has 3 aromatic rings. The molecule has 3 aromatic carbocycles. The van der Waals surface area contributed by atoms with Crippen molar-refractivity contribution in [1.29, 1.82) is 0 Å². The fourth-order valence-electron chi connectivity index (χ4n) is 3.02. The average Bonchev–Trinajstić information content (AvgIpc) is 2.71. The lowest BCUT2D eigenvalue weighted by atomic mass is 9.86. The second-order valence-electron chi connectivity index (χ2n) is 6.98. The predicted octanol–water partition coefficient (Wildman–Crippen LogP) is 6.62. The Bertz CT molecular complexity index is 956. The highest BCUT2D eigenvalue weighted by Crippen LogP contribution is 2.38. The van der Waals surface area contributed by atoms with Crippen LogP contribution in [-0.2, 0) is 0 Å². The van der Waals surface area contributed by atoms with Gasteiger partial charge in [0.25, 0.3) is 0 Å². The van der Waals surface area contributed by atoms with Gasteiger partial charge < -0.3 is 0 Å². The van der Waals surface area contributed by atoms with Crippen molar-refractivity contribution >= 4 is 11.9 Å². The van der Waals surface area contributed by atoms with E-state index in [4.69, 9.17) is 0 Å². The third kappa shape index (κ3) is 4.42. The predicted molar refractivity (Wildman–Crippen MR) is 110 cm³/mol. The number of benzene rings is 3. The van der Waals surface area contributed by atoms with Crippen molar-refractivity contribution in [3.63, 3.8) is 0 Å². The summed E-state index contributed by atoms with van der Waals surface area (Å²) < 4.78 is 30.6. The van der Waals surface area contributed by atoms with Gasteiger partial charge in [0.2, 0.25) is 5.78 Å². The minimum absolute atomic E-state index is 0.00773. The molecule has 0 aliphatic rings. The third-order valence-corrected chi connectivity index (χ3v) is 4.72. The molecule has 0 fully saturated rings. The second kappa shape index (κ2) is 8.30. The van der Waals surface area contributed by atoms with Crippen LogP contribution in [0.2, 0.25) is 0 Å². The summed E-state index contributed by atoms with van der Waals surface area (Å²) in [6.07, 6.45) is 3.08. The van der Waals surface area contributed by atoms with Gasteiger partial charge in [-0.25, -0.2) is 0 Å². The van der Waals surface area contributed by atoms with Gasteiger partial charge in [0.05, 0.1) is 5.92 Å². The summed E-state index contributed by atoms with van der Waals surface area (Å²) in [5, 5.41) is 0. The van der Waals surface area contributed by atoms with Crippen LogP contribution >= 0.6 is 0 Å². The molecule has 0 spiro atoms. The lowest BCUT2D eigenvalue weighted by Gasteiger charge is -2.24. The Morgan fingerprint density at radius 2 is 1.36 bits per heavy atom. The third-order valence-electron chi connectivity index (χ3n) is 4.72. The van der Waals surface area contributed by atoms with Crippen molar-refractivity contribution in [1.82, 2.24) is 0 Å². The number of alkyl halides is 2. The van der Waals surface area contributed by atoms with Crippen LogP contribution in [0.25, 0.3) is 6.08 Å². The van der Waals surface area contributed by atoms with Gasteiger partial charge in [-0.15, -0.1) is 0 Å². The van der Waals surface area contributed by atoms with Crippen LogP contribution < -0.4 is 0 Å². The molecular weight excluding hydrogens is 354 g/mol. The summed E-state index contributed by atoms with van der Waals surface area (Å²) in [4.78, 5) is 12.6. The molecule has 1 nitrogen and oxygen atoms in total. The summed E-state index contributed by atoms with van der Waals surface area (Å²) in [5.74, 6) is -6.10. The molecule has 0 amide bonds. The van der Waals surface area contributed by atoms with Gasteiger partial charge in [0.15, 0.2) is 0 Å². The van der Waals surface area contributed by atoms with E-state index in [9.17, 15) is 4.79 Å². The number of hydrogen-bond donors (Lipinski definition) is 0. The minimum atomic E-state index is -3.57. The maximum absolute atomic E-state index is 15.3. The topological polar surface area (TPSA) is 17.1 Å². The fraction of sp³-hybridized carbons (Fsp3) is 0.160. The number of carbonyl (C=O) groups excluding carboxylic acids is 1. The van der Waals surface area contributed by atoms with Crippen LogP contribution in [-0.4, -0.2) is 11.7 Å². The zero-order chi connectivity index (χ0) is 20.1. The summed E-state index contributed by atoms with van der Waals surface area (Å²) in [7, 11) is 0. The summed E-state index contributed by atoms with van der Waals surface area (Å²) in [6, 6.07) is 22.2. The number of Topliss-reactive ketones (excluding diaryl/α,β-unsaturated/α-hetero) is 1. The minimum Gasteiger partial charge on any atom is -0.287 e. The Labute approximate surface area is 164 Å². The monoisotopic (exact) mass is 376 g/mol. The first-order valence-corrected chi connectivity index (χ1v) is 9.17. The quantitative estimate of drug-likeness (QED) is 0.442. The van der Waals surface area contributed by atoms with Crippen molar-refractivity contribution in [2.45, 2.75) is 25.7 Å². The van der Waals surface area contributed by atoms with E-state index in [1.165, 1.54) is 18.2 Å². The van der Waals surface area contributed by atoms with Crippen LogP contribution in [0.3, 0.4) is 0 Å². The lowest BCUT2D eigenvalue weighted by molar-refractivity contribution is 0.00126. The average molecular weight is 376 g/mol. The van der Waals surface area contributed by atoms with Crippen LogP contribution in [0.5, 0.6) is 0 Å². The zero-order valence-electron chi connectivity index (χ0n) is 15.9. The molecule has 0 heterocycles. The molecule has 0 N–H and O–H groups in total. The summed E-state index contributed by atoms with van der Waals surface area (Å²) >= 11 is 0. The second-order valence-corrected chi connectivity index (χ2v) is 6.98. The van der Waals surface area contributed by atoms with E-state index in [1.54, 1.807) is 48.5 Å². The van der Waals surface area contributed by atoms with Crippen LogP contribution in [0.15, 0.2) is 84.9 Å². The number of aryl methyl sites for hydroxylation is 2. The number of ketones is 1. The van der Waals surface area contributed by atoms with Gasteiger partial charge in [0.1, 0.15) is 0 Å². The number of allylic oxidation sites excluding steroid dienone is 1. The molecule has 1 atom stereocenters. The summed E-state index contributed by atoms with van der Waals surface area (Å²) in [6.45, 7) is 3.86. The summed E-state index contributed by atoms with van der Waals surface area (Å²) in [5.41, 5.74) is 3.29. The van der Waals surface area contributed by atoms with Crippen molar-refractivity contribution in [2.24, 2.45) is 0 Å². The molecule has 1 unspecified atom stereocenters. The Morgan fingerprint density at radius 3 is 1.93 bits per heavy atom. The van der Waals surface area contributed by atoms with Crippen LogP contribution in [0.1, 0.15) is 38.5 Å². The number of rotatable bonds is 6. The van der Waals surface area contributed by atoms with Gasteiger partial charge in [-0.05, 0) is 25.0 Å². The van der Waals surface area contributed by atoms with E-state index in [0.29, 0.717) is 5.56 Å². The highest BCUT2D eigenvalue weighted by molar-refractivity contribution is 6.02. The van der Waals surface area contributed by atoms with Gasteiger partial charge in [0, 0.05) is 5.56 Å². The molecule has 3 rings (SSSR count). The van der Waals surface area contributed by atoms with Gasteiger partial charge in [-0.2, -0.15) is 8.78 Å². The molecule has 0 saturated carbocycles. The van der Waals surface area contributed by atoms with Gasteiger partial charge >= 0.3 is 5.92 Å². The highest BCUT2D eigenvalue weighted by Gasteiger charge is 2.46. The Balaban J connectivity index is 2.00. The van der Waals surface area contributed by atoms with Crippen molar-refractivity contribution in [3.8, 4) is 0 Å². The van der Waals surface area contributed by atoms with E-state index < -0.39 is 17.6 Å². The molecule has 28 heavy (non-hydrogen) atoms. The van der Waals surface area contributed by atoms with E-state index in [-0.39, 0.29) is 5.56 Å². The first-order valence-electron chi connectivity index (χ1n) is 9.17. The molecule has 0 aromatic heterocycles. The van der Waals surface area contributed by atoms with Gasteiger partial charge in [-0.3, -0.25) is 4.79 Å². The van der Waals surface area contributed by atoms with Crippen molar-refractivity contribution in [2.75, 3.05) is 0 Å². The maximum Gasteiger partial charge on any atom is 0.319 e. The lowest BCUT2D eigenvalue weighted by Crippen LogP contribution is -2.35. The fourth-order valence-corrected chi connectivity index (χ4v) is 3.02. The molecule has 0 radical (unpaired) electrons. The van der Waals surface area contributed by atoms with Crippen molar-refractivity contribution in [3.05, 3.63) is 113 Å². The first kappa shape index (κ1) is 19.7. The van der Waals surface area contributed by atoms with Crippen LogP contribution in [0.4, 0.5) is 8.78 Å². The molecule has 0 aliphatic heterocycles. The molecule has 0 aliphatic carbocycles. The molecule has 0 saturated heterocycles. The Morgan fingerprint density at radius 1 is 0.821 bits per heavy atom. The molecule has 142 valence electrons. The van der Waals surface area contributed by atoms with E-state index in [2.05, 4.69) is 0 Å². The Hall–Kier alpha value is -3.07. The normalized spacial score (nSPS) is 12.9.